The Labute approximate surface area is 195 Å². The molecule has 3 N–H and O–H groups in total. The molecule has 2 aromatic heterocycles. The first kappa shape index (κ1) is 22.6. The van der Waals surface area contributed by atoms with Crippen molar-refractivity contribution in [2.75, 3.05) is 18.4 Å². The Morgan fingerprint density at radius 1 is 1.03 bits per heavy atom. The summed E-state index contributed by atoms with van der Waals surface area (Å²) in [5.74, 6) is 0.125. The number of carbonyl (C=O) groups is 2. The zero-order valence-corrected chi connectivity index (χ0v) is 19.0. The molecule has 0 saturated carbocycles. The normalized spacial score (nSPS) is 14.2. The summed E-state index contributed by atoms with van der Waals surface area (Å²) in [6.45, 7) is 2.71. The number of thioether (sulfide) groups is 1. The number of fused-ring (bicyclic) bond motifs is 1. The summed E-state index contributed by atoms with van der Waals surface area (Å²) in [7, 11) is 0. The number of rotatable bonds is 4. The van der Waals surface area contributed by atoms with E-state index >= 15 is 0 Å². The second-order valence-electron chi connectivity index (χ2n) is 7.90. The second kappa shape index (κ2) is 9.91. The molecule has 0 spiro atoms. The SMILES string of the molecule is CC(=N)SC(=N)c1cnc2cnc(NC(=O)C3CCN(C(=O)c4ccccc4)CC3)cc2c1. The average molecular weight is 461 g/mol. The Balaban J connectivity index is 1.39. The Bertz CT molecular complexity index is 1220. The maximum absolute atomic E-state index is 12.8. The van der Waals surface area contributed by atoms with Gasteiger partial charge in [-0.2, -0.15) is 0 Å². The van der Waals surface area contributed by atoms with Crippen molar-refractivity contribution in [3.63, 3.8) is 0 Å². The zero-order valence-electron chi connectivity index (χ0n) is 18.2. The van der Waals surface area contributed by atoms with Crippen LogP contribution >= 0.6 is 11.8 Å². The van der Waals surface area contributed by atoms with Gasteiger partial charge in [0, 0.05) is 41.7 Å². The molecule has 0 bridgehead atoms. The lowest BCUT2D eigenvalue weighted by Crippen LogP contribution is -2.41. The van der Waals surface area contributed by atoms with Crippen molar-refractivity contribution in [1.29, 1.82) is 10.8 Å². The van der Waals surface area contributed by atoms with Gasteiger partial charge >= 0.3 is 0 Å². The van der Waals surface area contributed by atoms with Gasteiger partial charge in [0.05, 0.1) is 16.8 Å². The Hall–Kier alpha value is -3.59. The minimum absolute atomic E-state index is 0.00380. The number of anilines is 1. The topological polar surface area (TPSA) is 123 Å². The molecule has 3 heterocycles. The third-order valence-electron chi connectivity index (χ3n) is 5.51. The standard InChI is InChI=1S/C24H24N6O2S/c1-15(25)33-22(26)19-11-18-12-21(28-14-20(18)27-13-19)29-23(31)16-7-9-30(10-8-16)24(32)17-5-3-2-4-6-17/h2-6,11-14,16,25-26H,7-10H2,1H3,(H,28,29,31). The molecule has 2 amide bonds. The number of likely N-dealkylation sites (tertiary alicyclic amines) is 1. The van der Waals surface area contributed by atoms with Crippen LogP contribution in [-0.4, -0.2) is 49.9 Å². The number of nitrogens with zero attached hydrogens (tertiary/aromatic N) is 3. The monoisotopic (exact) mass is 460 g/mol. The van der Waals surface area contributed by atoms with Gasteiger partial charge < -0.3 is 10.2 Å². The lowest BCUT2D eigenvalue weighted by atomic mass is 9.95. The fraction of sp³-hybridized carbons (Fsp3) is 0.250. The lowest BCUT2D eigenvalue weighted by molar-refractivity contribution is -0.121. The predicted octanol–water partition coefficient (Wildman–Crippen LogP) is 4.18. The maximum Gasteiger partial charge on any atom is 0.253 e. The van der Waals surface area contributed by atoms with Crippen LogP contribution in [0.2, 0.25) is 0 Å². The number of nitrogens with one attached hydrogen (secondary N) is 3. The molecule has 4 rings (SSSR count). The maximum atomic E-state index is 12.8. The molecular weight excluding hydrogens is 436 g/mol. The van der Waals surface area contributed by atoms with Crippen molar-refractivity contribution in [1.82, 2.24) is 14.9 Å². The van der Waals surface area contributed by atoms with E-state index in [9.17, 15) is 9.59 Å². The van der Waals surface area contributed by atoms with Crippen LogP contribution in [0, 0.1) is 16.7 Å². The van der Waals surface area contributed by atoms with Gasteiger partial charge in [-0.25, -0.2) is 4.98 Å². The van der Waals surface area contributed by atoms with Crippen molar-refractivity contribution in [2.45, 2.75) is 19.8 Å². The minimum Gasteiger partial charge on any atom is -0.339 e. The molecule has 0 unspecified atom stereocenters. The summed E-state index contributed by atoms with van der Waals surface area (Å²) in [4.78, 5) is 35.8. The van der Waals surface area contributed by atoms with Crippen molar-refractivity contribution in [3.8, 4) is 0 Å². The summed E-state index contributed by atoms with van der Waals surface area (Å²) in [6.07, 6.45) is 4.38. The van der Waals surface area contributed by atoms with E-state index in [4.69, 9.17) is 10.8 Å². The highest BCUT2D eigenvalue weighted by Crippen LogP contribution is 2.23. The highest BCUT2D eigenvalue weighted by atomic mass is 32.2. The van der Waals surface area contributed by atoms with Crippen molar-refractivity contribution < 1.29 is 9.59 Å². The van der Waals surface area contributed by atoms with Gasteiger partial charge in [-0.05, 0) is 44.0 Å². The number of piperidine rings is 1. The molecule has 1 aliphatic heterocycles. The van der Waals surface area contributed by atoms with E-state index in [0.29, 0.717) is 53.4 Å². The molecule has 1 aromatic carbocycles. The van der Waals surface area contributed by atoms with Crippen molar-refractivity contribution in [2.24, 2.45) is 5.92 Å². The van der Waals surface area contributed by atoms with Gasteiger partial charge in [0.2, 0.25) is 5.91 Å². The van der Waals surface area contributed by atoms with E-state index in [1.54, 1.807) is 42.4 Å². The van der Waals surface area contributed by atoms with Crippen LogP contribution in [0.3, 0.4) is 0 Å². The minimum atomic E-state index is -0.188. The van der Waals surface area contributed by atoms with Crippen LogP contribution in [0.4, 0.5) is 5.82 Å². The molecule has 9 heteroatoms. The highest BCUT2D eigenvalue weighted by Gasteiger charge is 2.28. The summed E-state index contributed by atoms with van der Waals surface area (Å²) < 4.78 is 0. The average Bonchev–Trinajstić information content (AvgIpc) is 2.83. The molecular formula is C24H24N6O2S. The lowest BCUT2D eigenvalue weighted by Gasteiger charge is -2.31. The molecule has 3 aromatic rings. The van der Waals surface area contributed by atoms with Gasteiger partial charge in [-0.15, -0.1) is 0 Å². The number of amides is 2. The third-order valence-corrected chi connectivity index (χ3v) is 6.26. The summed E-state index contributed by atoms with van der Waals surface area (Å²) in [6, 6.07) is 12.7. The van der Waals surface area contributed by atoms with E-state index in [1.807, 2.05) is 24.3 Å². The molecule has 33 heavy (non-hydrogen) atoms. The van der Waals surface area contributed by atoms with Crippen LogP contribution in [0.1, 0.15) is 35.7 Å². The molecule has 1 fully saturated rings. The molecule has 1 saturated heterocycles. The fourth-order valence-electron chi connectivity index (χ4n) is 3.77. The van der Waals surface area contributed by atoms with Crippen LogP contribution < -0.4 is 5.32 Å². The molecule has 168 valence electrons. The first-order valence-corrected chi connectivity index (χ1v) is 11.5. The van der Waals surface area contributed by atoms with Crippen LogP contribution in [0.25, 0.3) is 10.9 Å². The predicted molar refractivity (Wildman–Crippen MR) is 131 cm³/mol. The molecule has 0 radical (unpaired) electrons. The van der Waals surface area contributed by atoms with E-state index in [1.165, 1.54) is 0 Å². The van der Waals surface area contributed by atoms with Crippen LogP contribution in [0.5, 0.6) is 0 Å². The Morgan fingerprint density at radius 3 is 2.45 bits per heavy atom. The number of carbonyl (C=O) groups excluding carboxylic acids is 2. The Kier molecular flexibility index (Phi) is 6.79. The Morgan fingerprint density at radius 2 is 1.76 bits per heavy atom. The summed E-state index contributed by atoms with van der Waals surface area (Å²) >= 11 is 1.06. The number of hydrogen-bond acceptors (Lipinski definition) is 7. The summed E-state index contributed by atoms with van der Waals surface area (Å²) in [5.41, 5.74) is 1.93. The van der Waals surface area contributed by atoms with Gasteiger partial charge in [0.1, 0.15) is 10.9 Å². The third kappa shape index (κ3) is 5.43. The van der Waals surface area contributed by atoms with Crippen LogP contribution in [-0.2, 0) is 4.79 Å². The first-order chi connectivity index (χ1) is 15.9. The van der Waals surface area contributed by atoms with Crippen LogP contribution in [0.15, 0.2) is 54.9 Å². The smallest absolute Gasteiger partial charge is 0.253 e. The highest BCUT2D eigenvalue weighted by molar-refractivity contribution is 8.26. The first-order valence-electron chi connectivity index (χ1n) is 10.6. The van der Waals surface area contributed by atoms with Gasteiger partial charge in [-0.1, -0.05) is 30.0 Å². The van der Waals surface area contributed by atoms with E-state index in [-0.39, 0.29) is 22.8 Å². The number of benzene rings is 1. The number of aromatic nitrogens is 2. The molecule has 0 atom stereocenters. The van der Waals surface area contributed by atoms with Gasteiger partial charge in [0.25, 0.3) is 5.91 Å². The van der Waals surface area contributed by atoms with E-state index in [2.05, 4.69) is 15.3 Å². The number of hydrogen-bond donors (Lipinski definition) is 3. The second-order valence-corrected chi connectivity index (χ2v) is 9.12. The molecule has 0 aliphatic carbocycles. The van der Waals surface area contributed by atoms with Gasteiger partial charge in [-0.3, -0.25) is 25.4 Å². The summed E-state index contributed by atoms with van der Waals surface area (Å²) in [5, 5.41) is 19.9. The molecule has 1 aliphatic rings. The van der Waals surface area contributed by atoms with E-state index < -0.39 is 0 Å². The van der Waals surface area contributed by atoms with Crippen molar-refractivity contribution in [3.05, 3.63) is 66.0 Å². The van der Waals surface area contributed by atoms with Gasteiger partial charge in [0.15, 0.2) is 0 Å². The zero-order chi connectivity index (χ0) is 23.4. The number of pyridine rings is 2. The van der Waals surface area contributed by atoms with Crippen molar-refractivity contribution >= 4 is 50.4 Å². The molecule has 8 nitrogen and oxygen atoms in total. The largest absolute Gasteiger partial charge is 0.339 e. The fourth-order valence-corrected chi connectivity index (χ4v) is 4.31. The quantitative estimate of drug-likeness (QED) is 0.398. The van der Waals surface area contributed by atoms with E-state index in [0.717, 1.165) is 17.1 Å².